The van der Waals surface area contributed by atoms with E-state index in [0.29, 0.717) is 0 Å². The quantitative estimate of drug-likeness (QED) is 0.478. The number of imidazole rings is 1. The minimum absolute atomic E-state index is 0.00278. The maximum absolute atomic E-state index is 12.9. The van der Waals surface area contributed by atoms with Crippen molar-refractivity contribution >= 4 is 38.2 Å². The molecule has 5 rings (SSSR count). The number of fused-ring (bicyclic) bond motifs is 4. The maximum Gasteiger partial charge on any atom is 0.264 e. The predicted octanol–water partition coefficient (Wildman–Crippen LogP) is 3.20. The summed E-state index contributed by atoms with van der Waals surface area (Å²) in [7, 11) is 1.00. The Bertz CT molecular complexity index is 1200. The summed E-state index contributed by atoms with van der Waals surface area (Å²) in [6.45, 7) is 0. The molecule has 5 aromatic rings. The van der Waals surface area contributed by atoms with Crippen LogP contribution in [0.25, 0.3) is 38.2 Å². The van der Waals surface area contributed by atoms with Crippen molar-refractivity contribution in [1.82, 2.24) is 9.38 Å². The molecule has 23 heavy (non-hydrogen) atoms. The van der Waals surface area contributed by atoms with Crippen molar-refractivity contribution in [3.8, 4) is 0 Å². The topological polar surface area (TPSA) is 54.6 Å². The summed E-state index contributed by atoms with van der Waals surface area (Å²) in [4.78, 5) is 17.6. The lowest BCUT2D eigenvalue weighted by molar-refractivity contribution is 0.399. The molecule has 2 heterocycles. The number of hydrogen-bond acceptors (Lipinski definition) is 3. The first kappa shape index (κ1) is 13.7. The van der Waals surface area contributed by atoms with Gasteiger partial charge < -0.3 is 5.11 Å². The molecule has 3 aromatic carbocycles. The summed E-state index contributed by atoms with van der Waals surface area (Å²) >= 11 is 0. The highest BCUT2D eigenvalue weighted by Gasteiger charge is 2.14. The molecule has 2 aromatic heterocycles. The van der Waals surface area contributed by atoms with Crippen LogP contribution < -0.4 is 5.56 Å². The van der Waals surface area contributed by atoms with Gasteiger partial charge >= 0.3 is 0 Å². The molecule has 1 N–H and O–H groups in total. The predicted molar refractivity (Wildman–Crippen MR) is 93.3 cm³/mol. The third-order valence-corrected chi connectivity index (χ3v) is 4.14. The first-order chi connectivity index (χ1) is 11.3. The first-order valence-electron chi connectivity index (χ1n) is 7.33. The Hall–Kier alpha value is -2.98. The fourth-order valence-corrected chi connectivity index (χ4v) is 3.24. The molecule has 0 spiro atoms. The highest BCUT2D eigenvalue weighted by atomic mass is 16.2. The van der Waals surface area contributed by atoms with E-state index in [-0.39, 0.29) is 5.56 Å². The molecule has 0 saturated heterocycles. The van der Waals surface area contributed by atoms with Crippen LogP contribution in [-0.4, -0.2) is 21.6 Å². The van der Waals surface area contributed by atoms with E-state index in [1.807, 2.05) is 60.7 Å². The monoisotopic (exact) mass is 302 g/mol. The van der Waals surface area contributed by atoms with E-state index in [4.69, 9.17) is 5.11 Å². The van der Waals surface area contributed by atoms with Gasteiger partial charge in [0.1, 0.15) is 5.65 Å². The summed E-state index contributed by atoms with van der Waals surface area (Å²) in [5, 5.41) is 10.9. The molecule has 0 radical (unpaired) electrons. The van der Waals surface area contributed by atoms with Crippen molar-refractivity contribution in [3.63, 3.8) is 0 Å². The van der Waals surface area contributed by atoms with E-state index in [0.717, 1.165) is 45.3 Å². The molecule has 0 amide bonds. The molecule has 0 aliphatic rings. The molecular formula is C19H14N2O2. The van der Waals surface area contributed by atoms with Crippen LogP contribution in [0.4, 0.5) is 0 Å². The Morgan fingerprint density at radius 1 is 0.870 bits per heavy atom. The Morgan fingerprint density at radius 2 is 1.57 bits per heavy atom. The fourth-order valence-electron chi connectivity index (χ4n) is 3.24. The van der Waals surface area contributed by atoms with E-state index in [9.17, 15) is 4.79 Å². The van der Waals surface area contributed by atoms with Crippen LogP contribution >= 0.6 is 0 Å². The average molecular weight is 302 g/mol. The Kier molecular flexibility index (Phi) is 2.99. The minimum Gasteiger partial charge on any atom is -0.400 e. The molecule has 0 aliphatic heterocycles. The summed E-state index contributed by atoms with van der Waals surface area (Å²) in [5.41, 5.74) is 2.46. The second kappa shape index (κ2) is 5.04. The fraction of sp³-hybridized carbons (Fsp3) is 0.0526. The summed E-state index contributed by atoms with van der Waals surface area (Å²) < 4.78 is 1.73. The standard InChI is InChI=1S/C18H10N2O.CH4O/c21-18-13-8-4-6-11-5-3-7-12(16(11)13)17-19-14-9-1-2-10-15(14)20(17)18;1-2/h1-10H;2H,1H3. The van der Waals surface area contributed by atoms with Crippen molar-refractivity contribution in [3.05, 3.63) is 71.0 Å². The highest BCUT2D eigenvalue weighted by Crippen LogP contribution is 2.29. The van der Waals surface area contributed by atoms with E-state index in [1.54, 1.807) is 4.40 Å². The number of benzene rings is 3. The molecule has 4 heteroatoms. The molecule has 112 valence electrons. The summed E-state index contributed by atoms with van der Waals surface area (Å²) in [5.74, 6) is 0. The number of rotatable bonds is 0. The highest BCUT2D eigenvalue weighted by molar-refractivity contribution is 6.15. The molecule has 0 unspecified atom stereocenters. The van der Waals surface area contributed by atoms with Gasteiger partial charge in [-0.05, 0) is 23.6 Å². The van der Waals surface area contributed by atoms with Gasteiger partial charge in [0.15, 0.2) is 0 Å². The average Bonchev–Trinajstić information content (AvgIpc) is 3.01. The third-order valence-electron chi connectivity index (χ3n) is 4.14. The second-order valence-electron chi connectivity index (χ2n) is 5.27. The van der Waals surface area contributed by atoms with E-state index in [1.165, 1.54) is 0 Å². The van der Waals surface area contributed by atoms with Crippen LogP contribution in [0, 0.1) is 0 Å². The zero-order chi connectivity index (χ0) is 16.0. The first-order valence-corrected chi connectivity index (χ1v) is 7.33. The molecule has 0 fully saturated rings. The van der Waals surface area contributed by atoms with Gasteiger partial charge in [-0.15, -0.1) is 0 Å². The molecule has 4 nitrogen and oxygen atoms in total. The van der Waals surface area contributed by atoms with Crippen molar-refractivity contribution in [2.24, 2.45) is 0 Å². The largest absolute Gasteiger partial charge is 0.400 e. The van der Waals surface area contributed by atoms with Gasteiger partial charge in [-0.25, -0.2) is 4.98 Å². The smallest absolute Gasteiger partial charge is 0.264 e. The van der Waals surface area contributed by atoms with Crippen LogP contribution in [0.3, 0.4) is 0 Å². The third kappa shape index (κ3) is 1.76. The van der Waals surface area contributed by atoms with E-state index < -0.39 is 0 Å². The molecule has 0 atom stereocenters. The second-order valence-corrected chi connectivity index (χ2v) is 5.27. The molecular weight excluding hydrogens is 288 g/mol. The Morgan fingerprint density at radius 3 is 2.35 bits per heavy atom. The van der Waals surface area contributed by atoms with Crippen LogP contribution in [-0.2, 0) is 0 Å². The van der Waals surface area contributed by atoms with Gasteiger partial charge in [0, 0.05) is 23.3 Å². The van der Waals surface area contributed by atoms with E-state index in [2.05, 4.69) is 4.98 Å². The SMILES string of the molecule is CO.O=c1c2cccc3cccc(c32)c2nc3ccccc3n12. The van der Waals surface area contributed by atoms with Gasteiger partial charge in [0.05, 0.1) is 11.0 Å². The van der Waals surface area contributed by atoms with Gasteiger partial charge in [-0.1, -0.05) is 42.5 Å². The van der Waals surface area contributed by atoms with Crippen molar-refractivity contribution in [1.29, 1.82) is 0 Å². The van der Waals surface area contributed by atoms with Crippen molar-refractivity contribution in [2.75, 3.05) is 7.11 Å². The normalized spacial score (nSPS) is 11.2. The number of hydrogen-bond donors (Lipinski definition) is 1. The molecule has 0 aliphatic carbocycles. The number of aromatic nitrogens is 2. The number of nitrogens with zero attached hydrogens (tertiary/aromatic N) is 2. The number of aliphatic hydroxyl groups excluding tert-OH is 1. The van der Waals surface area contributed by atoms with Crippen LogP contribution in [0.1, 0.15) is 0 Å². The number of aliphatic hydroxyl groups is 1. The minimum atomic E-state index is 0.00278. The number of pyridine rings is 1. The zero-order valence-electron chi connectivity index (χ0n) is 12.5. The summed E-state index contributed by atoms with van der Waals surface area (Å²) in [6, 6.07) is 19.7. The van der Waals surface area contributed by atoms with Crippen molar-refractivity contribution in [2.45, 2.75) is 0 Å². The lowest BCUT2D eigenvalue weighted by Crippen LogP contribution is -2.13. The Balaban J connectivity index is 0.000000652. The van der Waals surface area contributed by atoms with Crippen molar-refractivity contribution < 1.29 is 5.11 Å². The molecule has 0 bridgehead atoms. The van der Waals surface area contributed by atoms with Gasteiger partial charge in [-0.3, -0.25) is 9.20 Å². The molecule has 0 saturated carbocycles. The van der Waals surface area contributed by atoms with Gasteiger partial charge in [0.25, 0.3) is 5.56 Å². The van der Waals surface area contributed by atoms with Gasteiger partial charge in [0.2, 0.25) is 0 Å². The summed E-state index contributed by atoms with van der Waals surface area (Å²) in [6.07, 6.45) is 0. The van der Waals surface area contributed by atoms with E-state index >= 15 is 0 Å². The van der Waals surface area contributed by atoms with Crippen LogP contribution in [0.2, 0.25) is 0 Å². The maximum atomic E-state index is 12.9. The van der Waals surface area contributed by atoms with Crippen LogP contribution in [0.5, 0.6) is 0 Å². The zero-order valence-corrected chi connectivity index (χ0v) is 12.5. The van der Waals surface area contributed by atoms with Crippen LogP contribution in [0.15, 0.2) is 65.5 Å². The number of para-hydroxylation sites is 2. The van der Waals surface area contributed by atoms with Gasteiger partial charge in [-0.2, -0.15) is 0 Å². The lowest BCUT2D eigenvalue weighted by atomic mass is 10.0. The lowest BCUT2D eigenvalue weighted by Gasteiger charge is -2.06. The Labute approximate surface area is 131 Å².